The van der Waals surface area contributed by atoms with Gasteiger partial charge in [0.25, 0.3) is 0 Å². The van der Waals surface area contributed by atoms with Gasteiger partial charge in [-0.05, 0) is 30.3 Å². The van der Waals surface area contributed by atoms with E-state index in [2.05, 4.69) is 0 Å². The lowest BCUT2D eigenvalue weighted by Gasteiger charge is -2.16. The zero-order chi connectivity index (χ0) is 17.9. The van der Waals surface area contributed by atoms with Crippen LogP contribution in [0.25, 0.3) is 10.8 Å². The van der Waals surface area contributed by atoms with Gasteiger partial charge in [0.1, 0.15) is 23.0 Å². The molecule has 0 aliphatic rings. The van der Waals surface area contributed by atoms with E-state index >= 15 is 0 Å². The highest BCUT2D eigenvalue weighted by atomic mass is 16.5. The van der Waals surface area contributed by atoms with Crippen LogP contribution in [0.4, 0.5) is 0 Å². The average molecular weight is 345 g/mol. The lowest BCUT2D eigenvalue weighted by atomic mass is 10.0. The Morgan fingerprint density at radius 2 is 1.65 bits per heavy atom. The molecule has 4 heteroatoms. The van der Waals surface area contributed by atoms with Gasteiger partial charge in [0, 0.05) is 16.3 Å². The van der Waals surface area contributed by atoms with Crippen molar-refractivity contribution in [3.63, 3.8) is 0 Å². The molecule has 26 heavy (non-hydrogen) atoms. The predicted octanol–water partition coefficient (Wildman–Crippen LogP) is 5.28. The maximum absolute atomic E-state index is 6.54. The molecular weight excluding hydrogens is 326 g/mol. The number of benzene rings is 3. The molecule has 0 saturated heterocycles. The summed E-state index contributed by atoms with van der Waals surface area (Å²) < 4.78 is 17.2. The second-order valence-corrected chi connectivity index (χ2v) is 5.98. The standard InChI is InChI=1S/C22H19NO3/c1-24-20-12-11-17(26-16-8-3-2-4-9-16)13-19(20)21(23)22-18-10-6-5-7-15(18)14-25-22/h2-14,21H,23H2,1H3. The molecule has 1 heterocycles. The first kappa shape index (κ1) is 16.2. The summed E-state index contributed by atoms with van der Waals surface area (Å²) in [5.41, 5.74) is 7.34. The van der Waals surface area contributed by atoms with E-state index in [0.717, 1.165) is 22.1 Å². The third kappa shape index (κ3) is 3.03. The predicted molar refractivity (Wildman–Crippen MR) is 102 cm³/mol. The number of para-hydroxylation sites is 1. The van der Waals surface area contributed by atoms with Crippen LogP contribution in [0.3, 0.4) is 0 Å². The van der Waals surface area contributed by atoms with E-state index in [0.29, 0.717) is 17.3 Å². The monoisotopic (exact) mass is 345 g/mol. The highest BCUT2D eigenvalue weighted by molar-refractivity contribution is 5.84. The fourth-order valence-electron chi connectivity index (χ4n) is 3.04. The summed E-state index contributed by atoms with van der Waals surface area (Å²) in [5, 5.41) is 2.02. The van der Waals surface area contributed by atoms with Gasteiger partial charge >= 0.3 is 0 Å². The fourth-order valence-corrected chi connectivity index (χ4v) is 3.04. The van der Waals surface area contributed by atoms with Crippen LogP contribution >= 0.6 is 0 Å². The van der Waals surface area contributed by atoms with Gasteiger partial charge in [0.05, 0.1) is 19.4 Å². The van der Waals surface area contributed by atoms with Gasteiger partial charge in [-0.15, -0.1) is 0 Å². The van der Waals surface area contributed by atoms with Crippen LogP contribution in [0.5, 0.6) is 17.2 Å². The number of hydrogen-bond donors (Lipinski definition) is 1. The van der Waals surface area contributed by atoms with Crippen molar-refractivity contribution < 1.29 is 13.9 Å². The van der Waals surface area contributed by atoms with Crippen molar-refractivity contribution >= 4 is 10.8 Å². The molecule has 4 rings (SSSR count). The second-order valence-electron chi connectivity index (χ2n) is 5.98. The van der Waals surface area contributed by atoms with Crippen molar-refractivity contribution in [3.8, 4) is 17.2 Å². The lowest BCUT2D eigenvalue weighted by Crippen LogP contribution is -2.12. The first-order valence-electron chi connectivity index (χ1n) is 8.39. The van der Waals surface area contributed by atoms with Crippen LogP contribution < -0.4 is 15.2 Å². The Morgan fingerprint density at radius 1 is 0.885 bits per heavy atom. The minimum Gasteiger partial charge on any atom is -0.496 e. The normalized spacial score (nSPS) is 12.1. The highest BCUT2D eigenvalue weighted by Gasteiger charge is 2.20. The van der Waals surface area contributed by atoms with Crippen molar-refractivity contribution in [1.29, 1.82) is 0 Å². The number of nitrogens with two attached hydrogens (primary N) is 1. The summed E-state index contributed by atoms with van der Waals surface area (Å²) in [6.45, 7) is 0. The quantitative estimate of drug-likeness (QED) is 0.534. The van der Waals surface area contributed by atoms with E-state index < -0.39 is 6.04 Å². The van der Waals surface area contributed by atoms with Gasteiger partial charge < -0.3 is 19.6 Å². The minimum absolute atomic E-state index is 0.468. The summed E-state index contributed by atoms with van der Waals surface area (Å²) in [6.07, 6.45) is 1.72. The Labute approximate surface area is 151 Å². The fraction of sp³-hybridized carbons (Fsp3) is 0.0909. The molecule has 1 unspecified atom stereocenters. The Kier molecular flexibility index (Phi) is 4.33. The van der Waals surface area contributed by atoms with Crippen LogP contribution in [-0.2, 0) is 0 Å². The van der Waals surface area contributed by atoms with Gasteiger partial charge in [-0.1, -0.05) is 42.5 Å². The molecule has 3 aromatic carbocycles. The Morgan fingerprint density at radius 3 is 2.46 bits per heavy atom. The molecule has 0 radical (unpaired) electrons. The summed E-state index contributed by atoms with van der Waals surface area (Å²) in [4.78, 5) is 0. The number of hydrogen-bond acceptors (Lipinski definition) is 4. The van der Waals surface area contributed by atoms with Crippen molar-refractivity contribution in [2.24, 2.45) is 5.73 Å². The van der Waals surface area contributed by atoms with E-state index in [1.807, 2.05) is 72.8 Å². The van der Waals surface area contributed by atoms with E-state index in [9.17, 15) is 0 Å². The molecule has 0 bridgehead atoms. The van der Waals surface area contributed by atoms with Crippen LogP contribution in [-0.4, -0.2) is 7.11 Å². The SMILES string of the molecule is COc1ccc(Oc2ccccc2)cc1C(N)c1occ2ccccc12. The largest absolute Gasteiger partial charge is 0.496 e. The zero-order valence-electron chi connectivity index (χ0n) is 14.4. The van der Waals surface area contributed by atoms with Crippen molar-refractivity contribution in [1.82, 2.24) is 0 Å². The second kappa shape index (κ2) is 6.94. The molecule has 1 aromatic heterocycles. The van der Waals surface area contributed by atoms with Gasteiger partial charge in [-0.2, -0.15) is 0 Å². The van der Waals surface area contributed by atoms with Gasteiger partial charge in [-0.25, -0.2) is 0 Å². The molecular formula is C22H19NO3. The minimum atomic E-state index is -0.468. The molecule has 0 fully saturated rings. The number of furan rings is 1. The van der Waals surface area contributed by atoms with Crippen LogP contribution in [0, 0.1) is 0 Å². The van der Waals surface area contributed by atoms with Crippen molar-refractivity contribution in [2.45, 2.75) is 6.04 Å². The maximum Gasteiger partial charge on any atom is 0.132 e. The molecule has 0 saturated carbocycles. The average Bonchev–Trinajstić information content (AvgIpc) is 3.12. The Hall–Kier alpha value is -3.24. The maximum atomic E-state index is 6.54. The zero-order valence-corrected chi connectivity index (χ0v) is 14.4. The molecule has 2 N–H and O–H groups in total. The molecule has 130 valence electrons. The van der Waals surface area contributed by atoms with Crippen molar-refractivity contribution in [3.05, 3.63) is 90.4 Å². The molecule has 4 aromatic rings. The smallest absolute Gasteiger partial charge is 0.132 e. The number of fused-ring (bicyclic) bond motifs is 1. The first-order chi connectivity index (χ1) is 12.8. The molecule has 0 amide bonds. The first-order valence-corrected chi connectivity index (χ1v) is 8.39. The third-order valence-corrected chi connectivity index (χ3v) is 4.34. The molecule has 1 atom stereocenters. The Bertz CT molecular complexity index is 1020. The van der Waals surface area contributed by atoms with Crippen LogP contribution in [0.2, 0.25) is 0 Å². The van der Waals surface area contributed by atoms with E-state index in [1.54, 1.807) is 13.4 Å². The number of methoxy groups -OCH3 is 1. The third-order valence-electron chi connectivity index (χ3n) is 4.34. The summed E-state index contributed by atoms with van der Waals surface area (Å²) >= 11 is 0. The van der Waals surface area contributed by atoms with E-state index in [4.69, 9.17) is 19.6 Å². The lowest BCUT2D eigenvalue weighted by molar-refractivity contribution is 0.401. The van der Waals surface area contributed by atoms with Gasteiger partial charge in [0.2, 0.25) is 0 Å². The van der Waals surface area contributed by atoms with Crippen LogP contribution in [0.15, 0.2) is 83.5 Å². The van der Waals surface area contributed by atoms with Crippen LogP contribution in [0.1, 0.15) is 17.4 Å². The molecule has 0 aliphatic heterocycles. The molecule has 0 aliphatic carbocycles. The number of ether oxygens (including phenoxy) is 2. The molecule has 0 spiro atoms. The number of rotatable bonds is 5. The van der Waals surface area contributed by atoms with Gasteiger partial charge in [-0.3, -0.25) is 0 Å². The highest BCUT2D eigenvalue weighted by Crippen LogP contribution is 2.36. The van der Waals surface area contributed by atoms with E-state index in [-0.39, 0.29) is 0 Å². The van der Waals surface area contributed by atoms with E-state index in [1.165, 1.54) is 0 Å². The Balaban J connectivity index is 1.73. The topological polar surface area (TPSA) is 57.6 Å². The summed E-state index contributed by atoms with van der Waals surface area (Å²) in [5.74, 6) is 2.85. The summed E-state index contributed by atoms with van der Waals surface area (Å²) in [6, 6.07) is 22.7. The summed E-state index contributed by atoms with van der Waals surface area (Å²) in [7, 11) is 1.63. The van der Waals surface area contributed by atoms with Gasteiger partial charge in [0.15, 0.2) is 0 Å². The molecule has 4 nitrogen and oxygen atoms in total. The van der Waals surface area contributed by atoms with Crippen molar-refractivity contribution in [2.75, 3.05) is 7.11 Å².